The Labute approximate surface area is 242 Å². The van der Waals surface area contributed by atoms with E-state index in [1.54, 1.807) is 7.11 Å². The monoisotopic (exact) mass is 572 g/mol. The number of allylic oxidation sites excluding steroid dienone is 6. The minimum Gasteiger partial charge on any atom is -0.496 e. The van der Waals surface area contributed by atoms with Gasteiger partial charge in [-0.3, -0.25) is 9.59 Å². The predicted octanol–water partition coefficient (Wildman–Crippen LogP) is 2.16. The first-order valence-corrected chi connectivity index (χ1v) is 13.5. The summed E-state index contributed by atoms with van der Waals surface area (Å²) in [7, 11) is 1.68. The number of nitrogens with one attached hydrogen (secondary N) is 2. The van der Waals surface area contributed by atoms with Gasteiger partial charge in [0, 0.05) is 19.5 Å². The van der Waals surface area contributed by atoms with Crippen LogP contribution in [0, 0.1) is 20.8 Å². The van der Waals surface area contributed by atoms with Crippen molar-refractivity contribution in [2.45, 2.75) is 72.2 Å². The second-order valence-corrected chi connectivity index (χ2v) is 10.1. The smallest absolute Gasteiger partial charge is 0.244 e. The van der Waals surface area contributed by atoms with E-state index in [1.807, 2.05) is 51.1 Å². The van der Waals surface area contributed by atoms with Crippen molar-refractivity contribution in [1.82, 2.24) is 10.6 Å². The lowest BCUT2D eigenvalue weighted by atomic mass is 9.96. The Hall–Kier alpha value is -3.28. The molecule has 41 heavy (non-hydrogen) atoms. The van der Waals surface area contributed by atoms with Crippen LogP contribution in [0.4, 0.5) is 0 Å². The summed E-state index contributed by atoms with van der Waals surface area (Å²) in [6.07, 6.45) is 6.30. The summed E-state index contributed by atoms with van der Waals surface area (Å²) >= 11 is 0. The van der Waals surface area contributed by atoms with Crippen LogP contribution in [-0.4, -0.2) is 84.6 Å². The highest BCUT2D eigenvalue weighted by Crippen LogP contribution is 2.28. The molecule has 2 rings (SSSR count). The van der Waals surface area contributed by atoms with E-state index in [0.29, 0.717) is 0 Å². The number of rotatable bonds is 12. The molecule has 5 N–H and O–H groups in total. The van der Waals surface area contributed by atoms with Crippen LogP contribution in [0.5, 0.6) is 5.75 Å². The Kier molecular flexibility index (Phi) is 13.4. The molecule has 0 radical (unpaired) electrons. The molecule has 5 atom stereocenters. The quantitative estimate of drug-likeness (QED) is 0.146. The summed E-state index contributed by atoms with van der Waals surface area (Å²) in [5.41, 5.74) is 6.41. The van der Waals surface area contributed by atoms with E-state index in [2.05, 4.69) is 30.6 Å². The number of benzene rings is 1. The van der Waals surface area contributed by atoms with E-state index in [1.165, 1.54) is 24.1 Å². The highest BCUT2D eigenvalue weighted by molar-refractivity contribution is 5.88. The van der Waals surface area contributed by atoms with Crippen molar-refractivity contribution in [3.8, 4) is 5.75 Å². The normalized spacial score (nSPS) is 23.7. The summed E-state index contributed by atoms with van der Waals surface area (Å²) in [4.78, 5) is 23.8. The molecule has 0 bridgehead atoms. The molecule has 0 aromatic heterocycles. The second-order valence-electron chi connectivity index (χ2n) is 10.1. The number of hydrogen-bond donors (Lipinski definition) is 5. The maximum Gasteiger partial charge on any atom is 0.244 e. The zero-order chi connectivity index (χ0) is 30.7. The largest absolute Gasteiger partial charge is 0.496 e. The third kappa shape index (κ3) is 9.94. The first-order chi connectivity index (χ1) is 19.4. The van der Waals surface area contributed by atoms with Crippen LogP contribution in [0.15, 0.2) is 47.6 Å². The van der Waals surface area contributed by atoms with E-state index in [9.17, 15) is 24.9 Å². The topological polar surface area (TPSA) is 147 Å². The van der Waals surface area contributed by atoms with Crippen LogP contribution >= 0.6 is 0 Å². The van der Waals surface area contributed by atoms with Gasteiger partial charge < -0.3 is 40.2 Å². The van der Waals surface area contributed by atoms with Crippen LogP contribution < -0.4 is 15.4 Å². The minimum absolute atomic E-state index is 0.0110. The zero-order valence-corrected chi connectivity index (χ0v) is 24.9. The molecule has 1 aliphatic rings. The van der Waals surface area contributed by atoms with Crippen molar-refractivity contribution >= 4 is 17.9 Å². The highest BCUT2D eigenvalue weighted by Gasteiger charge is 2.45. The van der Waals surface area contributed by atoms with Gasteiger partial charge in [0.25, 0.3) is 0 Å². The summed E-state index contributed by atoms with van der Waals surface area (Å²) in [5, 5.41) is 34.9. The molecule has 1 aromatic rings. The standard InChI is InChI=1S/C31H44N2O8/c1-18(11-12-24-20(3)16-25(39-7)22(5)21(24)4)9-8-10-19(2)15-27(36)32-13-14-40-31-28(33-23(6)35)30(38)29(37)26(17-34)41-31/h8-12,15-16,26,28-31,34,37-38H,13-14,17H2,1-7H3,(H,32,36)(H,33,35)/t26-,28-,29-,30-,31-/m1/s1. The number of methoxy groups -OCH3 is 1. The summed E-state index contributed by atoms with van der Waals surface area (Å²) in [6, 6.07) is 1.01. The molecule has 10 nitrogen and oxygen atoms in total. The van der Waals surface area contributed by atoms with Gasteiger partial charge in [0.05, 0.1) is 20.3 Å². The van der Waals surface area contributed by atoms with Gasteiger partial charge in [-0.15, -0.1) is 0 Å². The highest BCUT2D eigenvalue weighted by atomic mass is 16.7. The molecule has 0 aliphatic carbocycles. The van der Waals surface area contributed by atoms with Crippen molar-refractivity contribution in [2.24, 2.45) is 0 Å². The van der Waals surface area contributed by atoms with Gasteiger partial charge in [-0.2, -0.15) is 0 Å². The molecule has 226 valence electrons. The zero-order valence-electron chi connectivity index (χ0n) is 24.9. The number of ether oxygens (including phenoxy) is 3. The number of aliphatic hydroxyl groups is 3. The maximum atomic E-state index is 12.3. The third-order valence-electron chi connectivity index (χ3n) is 6.85. The Morgan fingerprint density at radius 2 is 1.76 bits per heavy atom. The Balaban J connectivity index is 1.88. The fraction of sp³-hybridized carbons (Fsp3) is 0.484. The molecule has 1 saturated heterocycles. The van der Waals surface area contributed by atoms with Gasteiger partial charge in [0.15, 0.2) is 6.29 Å². The Morgan fingerprint density at radius 1 is 1.05 bits per heavy atom. The summed E-state index contributed by atoms with van der Waals surface area (Å²) in [5.74, 6) is 0.127. The van der Waals surface area contributed by atoms with Crippen LogP contribution in [0.2, 0.25) is 0 Å². The second kappa shape index (κ2) is 16.2. The van der Waals surface area contributed by atoms with Crippen LogP contribution in [0.3, 0.4) is 0 Å². The molecule has 2 amide bonds. The molecule has 0 saturated carbocycles. The number of amides is 2. The van der Waals surface area contributed by atoms with Crippen LogP contribution in [0.25, 0.3) is 6.08 Å². The maximum absolute atomic E-state index is 12.3. The van der Waals surface area contributed by atoms with Crippen molar-refractivity contribution in [3.63, 3.8) is 0 Å². The van der Waals surface area contributed by atoms with Gasteiger partial charge in [0.2, 0.25) is 11.8 Å². The van der Waals surface area contributed by atoms with E-state index >= 15 is 0 Å². The first-order valence-electron chi connectivity index (χ1n) is 13.5. The number of aryl methyl sites for hydroxylation is 1. The molecular weight excluding hydrogens is 528 g/mol. The van der Waals surface area contributed by atoms with Gasteiger partial charge in [-0.1, -0.05) is 36.0 Å². The SMILES string of the molecule is COc1cc(C)c(C=CC(C)=CC=CC(C)=CC(=O)NCCO[C@@H]2O[C@H](CO)[C@@H](O)[C@H](O)[C@H]2NC(C)=O)c(C)c1C. The lowest BCUT2D eigenvalue weighted by Gasteiger charge is -2.42. The van der Waals surface area contributed by atoms with Crippen molar-refractivity contribution in [3.05, 3.63) is 69.8 Å². The molecular formula is C31H44N2O8. The number of carbonyl (C=O) groups is 2. The van der Waals surface area contributed by atoms with Crippen molar-refractivity contribution in [2.75, 3.05) is 26.9 Å². The number of carbonyl (C=O) groups excluding carboxylic acids is 2. The Bertz CT molecular complexity index is 1190. The average molecular weight is 573 g/mol. The van der Waals surface area contributed by atoms with Gasteiger partial charge in [-0.05, 0) is 68.5 Å². The van der Waals surface area contributed by atoms with Crippen LogP contribution in [0.1, 0.15) is 43.0 Å². The first kappa shape index (κ1) is 33.9. The fourth-order valence-electron chi connectivity index (χ4n) is 4.42. The average Bonchev–Trinajstić information content (AvgIpc) is 2.91. The lowest BCUT2D eigenvalue weighted by molar-refractivity contribution is -0.269. The molecule has 1 aliphatic heterocycles. The summed E-state index contributed by atoms with van der Waals surface area (Å²) in [6.45, 7) is 10.9. The molecule has 0 unspecified atom stereocenters. The van der Waals surface area contributed by atoms with Crippen LogP contribution in [-0.2, 0) is 19.1 Å². The van der Waals surface area contributed by atoms with Gasteiger partial charge in [0.1, 0.15) is 30.1 Å². The molecule has 1 aromatic carbocycles. The van der Waals surface area contributed by atoms with E-state index in [0.717, 1.165) is 28.0 Å². The molecule has 1 heterocycles. The summed E-state index contributed by atoms with van der Waals surface area (Å²) < 4.78 is 16.5. The Morgan fingerprint density at radius 3 is 2.39 bits per heavy atom. The van der Waals surface area contributed by atoms with Crippen molar-refractivity contribution in [1.29, 1.82) is 0 Å². The van der Waals surface area contributed by atoms with E-state index in [-0.39, 0.29) is 19.1 Å². The van der Waals surface area contributed by atoms with E-state index in [4.69, 9.17) is 14.2 Å². The molecule has 10 heteroatoms. The fourth-order valence-corrected chi connectivity index (χ4v) is 4.42. The minimum atomic E-state index is -1.39. The third-order valence-corrected chi connectivity index (χ3v) is 6.85. The van der Waals surface area contributed by atoms with Gasteiger partial charge >= 0.3 is 0 Å². The molecule has 1 fully saturated rings. The lowest BCUT2D eigenvalue weighted by Crippen LogP contribution is -2.64. The molecule has 0 spiro atoms. The number of aliphatic hydroxyl groups excluding tert-OH is 3. The van der Waals surface area contributed by atoms with Crippen molar-refractivity contribution < 1.29 is 39.1 Å². The van der Waals surface area contributed by atoms with Gasteiger partial charge in [-0.25, -0.2) is 0 Å². The number of hydrogen-bond acceptors (Lipinski definition) is 8. The predicted molar refractivity (Wildman–Crippen MR) is 157 cm³/mol. The van der Waals surface area contributed by atoms with E-state index < -0.39 is 43.2 Å².